The molecule has 17 heavy (non-hydrogen) atoms. The number of nitrogens with zero attached hydrogens (tertiary/aromatic N) is 2. The Labute approximate surface area is 113 Å². The number of carbonyl (C=O) groups is 1. The van der Waals surface area contributed by atoms with Crippen LogP contribution in [-0.4, -0.2) is 42.1 Å². The predicted molar refractivity (Wildman–Crippen MR) is 66.0 cm³/mol. The van der Waals surface area contributed by atoms with Gasteiger partial charge in [0, 0.05) is 19.3 Å². The molecule has 4 nitrogen and oxygen atoms in total. The number of morpholine rings is 1. The quantitative estimate of drug-likeness (QED) is 0.799. The summed E-state index contributed by atoms with van der Waals surface area (Å²) < 4.78 is 5.16. The normalized spacial score (nSPS) is 16.1. The highest BCUT2D eigenvalue weighted by atomic mass is 35.5. The van der Waals surface area contributed by atoms with E-state index >= 15 is 0 Å². The van der Waals surface area contributed by atoms with Crippen molar-refractivity contribution in [1.29, 1.82) is 0 Å². The molecule has 0 bridgehead atoms. The van der Waals surface area contributed by atoms with Crippen LogP contribution in [0.3, 0.4) is 0 Å². The third kappa shape index (κ3) is 2.65. The van der Waals surface area contributed by atoms with Gasteiger partial charge in [-0.15, -0.1) is 0 Å². The third-order valence-corrected chi connectivity index (χ3v) is 3.66. The Bertz CT molecular complexity index is 447. The van der Waals surface area contributed by atoms with E-state index in [-0.39, 0.29) is 26.7 Å². The van der Waals surface area contributed by atoms with Gasteiger partial charge in [0.05, 0.1) is 28.3 Å². The minimum Gasteiger partial charge on any atom is -0.378 e. The zero-order valence-electron chi connectivity index (χ0n) is 8.75. The van der Waals surface area contributed by atoms with Crippen LogP contribution in [-0.2, 0) is 4.74 Å². The van der Waals surface area contributed by atoms with Gasteiger partial charge in [0.15, 0.2) is 0 Å². The van der Waals surface area contributed by atoms with Crippen LogP contribution >= 0.6 is 34.8 Å². The fourth-order valence-corrected chi connectivity index (χ4v) is 2.07. The Morgan fingerprint density at radius 2 is 1.88 bits per heavy atom. The lowest BCUT2D eigenvalue weighted by Gasteiger charge is -2.26. The first kappa shape index (κ1) is 12.9. The van der Waals surface area contributed by atoms with Gasteiger partial charge < -0.3 is 9.64 Å². The van der Waals surface area contributed by atoms with Crippen molar-refractivity contribution in [2.24, 2.45) is 0 Å². The molecule has 0 atom stereocenters. The van der Waals surface area contributed by atoms with Crippen LogP contribution < -0.4 is 0 Å². The van der Waals surface area contributed by atoms with E-state index in [4.69, 9.17) is 39.5 Å². The second kappa shape index (κ2) is 5.40. The van der Waals surface area contributed by atoms with E-state index in [1.165, 1.54) is 6.20 Å². The molecule has 0 spiro atoms. The van der Waals surface area contributed by atoms with Crippen LogP contribution in [0.15, 0.2) is 6.20 Å². The number of hydrogen-bond acceptors (Lipinski definition) is 3. The van der Waals surface area contributed by atoms with E-state index in [1.807, 2.05) is 0 Å². The van der Waals surface area contributed by atoms with E-state index in [0.717, 1.165) is 0 Å². The molecular formula is C10H9Cl3N2O2. The van der Waals surface area contributed by atoms with Crippen molar-refractivity contribution in [2.75, 3.05) is 26.3 Å². The zero-order valence-corrected chi connectivity index (χ0v) is 11.0. The van der Waals surface area contributed by atoms with E-state index in [1.54, 1.807) is 4.90 Å². The van der Waals surface area contributed by atoms with Gasteiger partial charge >= 0.3 is 0 Å². The molecule has 1 aliphatic rings. The summed E-state index contributed by atoms with van der Waals surface area (Å²) >= 11 is 17.6. The zero-order chi connectivity index (χ0) is 12.4. The second-order valence-electron chi connectivity index (χ2n) is 3.49. The maximum absolute atomic E-state index is 12.1. The molecule has 92 valence electrons. The molecule has 1 fully saturated rings. The number of amides is 1. The molecule has 2 rings (SSSR count). The minimum atomic E-state index is -0.253. The van der Waals surface area contributed by atoms with Gasteiger partial charge in [-0.3, -0.25) is 4.79 Å². The fraction of sp³-hybridized carbons (Fsp3) is 0.400. The Balaban J connectivity index is 2.27. The summed E-state index contributed by atoms with van der Waals surface area (Å²) in [6.45, 7) is 2.09. The lowest BCUT2D eigenvalue weighted by Crippen LogP contribution is -2.41. The maximum atomic E-state index is 12.1. The fourth-order valence-electron chi connectivity index (χ4n) is 1.51. The molecule has 7 heteroatoms. The van der Waals surface area contributed by atoms with Crippen LogP contribution in [0.2, 0.25) is 15.1 Å². The molecule has 2 heterocycles. The SMILES string of the molecule is O=C(c1ncc(Cl)c(Cl)c1Cl)N1CCOCC1. The van der Waals surface area contributed by atoms with Crippen molar-refractivity contribution < 1.29 is 9.53 Å². The average Bonchev–Trinajstić information content (AvgIpc) is 2.36. The highest BCUT2D eigenvalue weighted by molar-refractivity contribution is 6.48. The van der Waals surface area contributed by atoms with Crippen LogP contribution in [0.4, 0.5) is 0 Å². The second-order valence-corrected chi connectivity index (χ2v) is 4.65. The summed E-state index contributed by atoms with van der Waals surface area (Å²) in [6, 6.07) is 0. The minimum absolute atomic E-state index is 0.0932. The summed E-state index contributed by atoms with van der Waals surface area (Å²) in [4.78, 5) is 17.7. The molecule has 1 amide bonds. The highest BCUT2D eigenvalue weighted by Gasteiger charge is 2.23. The largest absolute Gasteiger partial charge is 0.378 e. The van der Waals surface area contributed by atoms with Crippen molar-refractivity contribution in [3.63, 3.8) is 0 Å². The van der Waals surface area contributed by atoms with Crippen LogP contribution in [0.1, 0.15) is 10.5 Å². The van der Waals surface area contributed by atoms with Gasteiger partial charge in [-0.25, -0.2) is 4.98 Å². The summed E-state index contributed by atoms with van der Waals surface area (Å²) in [5, 5.41) is 0.478. The van der Waals surface area contributed by atoms with Crippen molar-refractivity contribution in [3.05, 3.63) is 27.0 Å². The van der Waals surface area contributed by atoms with Crippen LogP contribution in [0.5, 0.6) is 0 Å². The molecule has 0 aromatic carbocycles. The topological polar surface area (TPSA) is 42.4 Å². The molecule has 0 aliphatic carbocycles. The molecule has 0 unspecified atom stereocenters. The molecule has 0 saturated carbocycles. The van der Waals surface area contributed by atoms with Crippen LogP contribution in [0, 0.1) is 0 Å². The van der Waals surface area contributed by atoms with Crippen molar-refractivity contribution in [3.8, 4) is 0 Å². The molecule has 1 aliphatic heterocycles. The number of carbonyl (C=O) groups excluding carboxylic acids is 1. The number of rotatable bonds is 1. The Morgan fingerprint density at radius 3 is 2.53 bits per heavy atom. The number of halogens is 3. The lowest BCUT2D eigenvalue weighted by molar-refractivity contribution is 0.0299. The Hall–Kier alpha value is -0.550. The van der Waals surface area contributed by atoms with Gasteiger partial charge in [0.25, 0.3) is 5.91 Å². The van der Waals surface area contributed by atoms with Crippen molar-refractivity contribution >= 4 is 40.7 Å². The van der Waals surface area contributed by atoms with Gasteiger partial charge in [-0.1, -0.05) is 34.8 Å². The molecule has 1 saturated heterocycles. The van der Waals surface area contributed by atoms with E-state index in [9.17, 15) is 4.79 Å². The Kier molecular flexibility index (Phi) is 4.09. The number of aromatic nitrogens is 1. The standard InChI is InChI=1S/C10H9Cl3N2O2/c11-6-5-14-9(8(13)7(6)12)10(16)15-1-3-17-4-2-15/h5H,1-4H2. The molecular weight excluding hydrogens is 286 g/mol. The summed E-state index contributed by atoms with van der Waals surface area (Å²) in [5.41, 5.74) is 0.128. The summed E-state index contributed by atoms with van der Waals surface area (Å²) in [6.07, 6.45) is 1.32. The van der Waals surface area contributed by atoms with Gasteiger partial charge in [0.2, 0.25) is 0 Å². The average molecular weight is 296 g/mol. The molecule has 0 radical (unpaired) electrons. The molecule has 1 aromatic rings. The predicted octanol–water partition coefficient (Wildman–Crippen LogP) is 2.51. The first-order valence-electron chi connectivity index (χ1n) is 4.97. The first-order chi connectivity index (χ1) is 8.11. The number of hydrogen-bond donors (Lipinski definition) is 0. The Morgan fingerprint density at radius 1 is 1.24 bits per heavy atom. The summed E-state index contributed by atoms with van der Waals surface area (Å²) in [7, 11) is 0. The number of ether oxygens (including phenoxy) is 1. The van der Waals surface area contributed by atoms with Crippen molar-refractivity contribution in [1.82, 2.24) is 9.88 Å². The molecule has 0 N–H and O–H groups in total. The van der Waals surface area contributed by atoms with Gasteiger partial charge in [0.1, 0.15) is 5.69 Å². The van der Waals surface area contributed by atoms with Crippen LogP contribution in [0.25, 0.3) is 0 Å². The first-order valence-corrected chi connectivity index (χ1v) is 6.11. The highest BCUT2D eigenvalue weighted by Crippen LogP contribution is 2.31. The van der Waals surface area contributed by atoms with Gasteiger partial charge in [-0.2, -0.15) is 0 Å². The van der Waals surface area contributed by atoms with Gasteiger partial charge in [-0.05, 0) is 0 Å². The van der Waals surface area contributed by atoms with E-state index < -0.39 is 0 Å². The summed E-state index contributed by atoms with van der Waals surface area (Å²) in [5.74, 6) is -0.253. The number of pyridine rings is 1. The monoisotopic (exact) mass is 294 g/mol. The lowest BCUT2D eigenvalue weighted by atomic mass is 10.3. The van der Waals surface area contributed by atoms with Crippen molar-refractivity contribution in [2.45, 2.75) is 0 Å². The van der Waals surface area contributed by atoms with E-state index in [2.05, 4.69) is 4.98 Å². The van der Waals surface area contributed by atoms with E-state index in [0.29, 0.717) is 26.3 Å². The smallest absolute Gasteiger partial charge is 0.274 e. The molecule has 1 aromatic heterocycles. The third-order valence-electron chi connectivity index (χ3n) is 2.42. The maximum Gasteiger partial charge on any atom is 0.274 e.